The van der Waals surface area contributed by atoms with Crippen LogP contribution in [0.15, 0.2) is 36.4 Å². The van der Waals surface area contributed by atoms with Crippen molar-refractivity contribution in [2.45, 2.75) is 0 Å². The average Bonchev–Trinajstić information content (AvgIpc) is 2.45. The van der Waals surface area contributed by atoms with Crippen molar-refractivity contribution in [2.24, 2.45) is 0 Å². The number of benzene rings is 1. The Hall–Kier alpha value is -1.49. The Balaban J connectivity index is 1.91. The maximum atomic E-state index is 12.2. The molecule has 1 amide bonds. The van der Waals surface area contributed by atoms with E-state index < -0.39 is 0 Å². The largest absolute Gasteiger partial charge is 0.492 e. The van der Waals surface area contributed by atoms with E-state index in [1.807, 2.05) is 0 Å². The number of aromatic nitrogens is 1. The van der Waals surface area contributed by atoms with Crippen LogP contribution >= 0.6 is 34.8 Å². The molecule has 0 aliphatic rings. The van der Waals surface area contributed by atoms with Gasteiger partial charge in [-0.15, -0.1) is 0 Å². The quantitative estimate of drug-likeness (QED) is 0.752. The minimum absolute atomic E-state index is 0.180. The minimum atomic E-state index is -0.208. The molecule has 4 nitrogen and oxygen atoms in total. The summed E-state index contributed by atoms with van der Waals surface area (Å²) in [6.45, 7) is 0.748. The van der Waals surface area contributed by atoms with Crippen molar-refractivity contribution in [1.82, 2.24) is 9.88 Å². The van der Waals surface area contributed by atoms with Crippen molar-refractivity contribution >= 4 is 40.7 Å². The van der Waals surface area contributed by atoms with Gasteiger partial charge in [0.25, 0.3) is 5.91 Å². The molecule has 0 atom stereocenters. The monoisotopic (exact) mass is 358 g/mol. The zero-order chi connectivity index (χ0) is 16.1. The molecule has 0 saturated carbocycles. The second-order valence-electron chi connectivity index (χ2n) is 4.53. The Morgan fingerprint density at radius 2 is 1.86 bits per heavy atom. The molecule has 2 rings (SSSR count). The van der Waals surface area contributed by atoms with Crippen LogP contribution in [0.25, 0.3) is 0 Å². The topological polar surface area (TPSA) is 42.4 Å². The van der Waals surface area contributed by atoms with E-state index in [2.05, 4.69) is 4.98 Å². The molecule has 0 aliphatic carbocycles. The van der Waals surface area contributed by atoms with Crippen molar-refractivity contribution in [3.05, 3.63) is 57.3 Å². The highest BCUT2D eigenvalue weighted by atomic mass is 35.5. The molecule has 0 spiro atoms. The van der Waals surface area contributed by atoms with Crippen LogP contribution in [0.5, 0.6) is 5.75 Å². The van der Waals surface area contributed by atoms with Gasteiger partial charge in [0, 0.05) is 17.6 Å². The van der Waals surface area contributed by atoms with E-state index in [-0.39, 0.29) is 16.2 Å². The molecule has 0 saturated heterocycles. The van der Waals surface area contributed by atoms with Gasteiger partial charge in [-0.1, -0.05) is 40.9 Å². The summed E-state index contributed by atoms with van der Waals surface area (Å²) in [5.74, 6) is 0.448. The van der Waals surface area contributed by atoms with E-state index >= 15 is 0 Å². The van der Waals surface area contributed by atoms with Crippen molar-refractivity contribution in [3.63, 3.8) is 0 Å². The lowest BCUT2D eigenvalue weighted by molar-refractivity contribution is 0.0773. The van der Waals surface area contributed by atoms with Gasteiger partial charge in [0.1, 0.15) is 22.7 Å². The summed E-state index contributed by atoms with van der Waals surface area (Å²) in [4.78, 5) is 17.6. The first-order valence-corrected chi connectivity index (χ1v) is 7.56. The molecule has 2 aromatic rings. The number of pyridine rings is 1. The average molecular weight is 360 g/mol. The zero-order valence-electron chi connectivity index (χ0n) is 11.7. The molecule has 0 N–H and O–H groups in total. The molecule has 1 aromatic carbocycles. The first-order valence-electron chi connectivity index (χ1n) is 6.42. The van der Waals surface area contributed by atoms with Crippen molar-refractivity contribution in [3.8, 4) is 5.75 Å². The van der Waals surface area contributed by atoms with Gasteiger partial charge in [-0.3, -0.25) is 4.79 Å². The van der Waals surface area contributed by atoms with Gasteiger partial charge in [0.15, 0.2) is 0 Å². The van der Waals surface area contributed by atoms with E-state index in [1.54, 1.807) is 31.3 Å². The van der Waals surface area contributed by atoms with Gasteiger partial charge in [0.2, 0.25) is 0 Å². The Morgan fingerprint density at radius 1 is 1.18 bits per heavy atom. The molecule has 0 fully saturated rings. The number of ether oxygens (including phenoxy) is 1. The Kier molecular flexibility index (Phi) is 5.89. The Morgan fingerprint density at radius 3 is 2.50 bits per heavy atom. The fraction of sp³-hybridized carbons (Fsp3) is 0.200. The van der Waals surface area contributed by atoms with Crippen LogP contribution < -0.4 is 4.74 Å². The summed E-state index contributed by atoms with van der Waals surface area (Å²) in [5, 5.41) is 0.960. The van der Waals surface area contributed by atoms with Gasteiger partial charge < -0.3 is 9.64 Å². The lowest BCUT2D eigenvalue weighted by atomic mass is 10.2. The lowest BCUT2D eigenvalue weighted by Crippen LogP contribution is -2.30. The predicted molar refractivity (Wildman–Crippen MR) is 88.2 cm³/mol. The first-order chi connectivity index (χ1) is 10.5. The second kappa shape index (κ2) is 7.68. The fourth-order valence-electron chi connectivity index (χ4n) is 1.77. The summed E-state index contributed by atoms with van der Waals surface area (Å²) in [7, 11) is 1.67. The summed E-state index contributed by atoms with van der Waals surface area (Å²) in [6, 6.07) is 10.0. The molecule has 0 bridgehead atoms. The zero-order valence-corrected chi connectivity index (χ0v) is 14.0. The molecule has 0 radical (unpaired) electrons. The number of nitrogens with zero attached hydrogens (tertiary/aromatic N) is 2. The summed E-state index contributed by atoms with van der Waals surface area (Å²) in [6.07, 6.45) is 0. The summed E-state index contributed by atoms with van der Waals surface area (Å²) < 4.78 is 5.55. The molecule has 1 aromatic heterocycles. The summed E-state index contributed by atoms with van der Waals surface area (Å²) in [5.41, 5.74) is 0.384. The number of hydrogen-bond acceptors (Lipinski definition) is 3. The maximum absolute atomic E-state index is 12.2. The highest BCUT2D eigenvalue weighted by molar-refractivity contribution is 6.33. The number of carbonyl (C=O) groups excluding carboxylic acids is 1. The van der Waals surface area contributed by atoms with Crippen LogP contribution in [-0.4, -0.2) is 36.0 Å². The number of halogens is 3. The number of rotatable bonds is 5. The lowest BCUT2D eigenvalue weighted by Gasteiger charge is -2.17. The van der Waals surface area contributed by atoms with Gasteiger partial charge in [-0.25, -0.2) is 4.98 Å². The third-order valence-corrected chi connectivity index (χ3v) is 3.47. The fourth-order valence-corrected chi connectivity index (χ4v) is 2.41. The van der Waals surface area contributed by atoms with Crippen LogP contribution in [0.1, 0.15) is 10.4 Å². The molecule has 7 heteroatoms. The van der Waals surface area contributed by atoms with E-state index in [0.29, 0.717) is 29.5 Å². The Labute approximate surface area is 143 Å². The predicted octanol–water partition coefficient (Wildman–Crippen LogP) is 4.19. The maximum Gasteiger partial charge on any atom is 0.253 e. The molecular weight excluding hydrogens is 347 g/mol. The second-order valence-corrected chi connectivity index (χ2v) is 5.74. The van der Waals surface area contributed by atoms with Crippen molar-refractivity contribution in [2.75, 3.05) is 20.2 Å². The van der Waals surface area contributed by atoms with Crippen LogP contribution in [0.3, 0.4) is 0 Å². The van der Waals surface area contributed by atoms with Crippen LogP contribution in [0.4, 0.5) is 0 Å². The third-order valence-electron chi connectivity index (χ3n) is 2.85. The molecule has 1 heterocycles. The van der Waals surface area contributed by atoms with E-state index in [1.165, 1.54) is 17.0 Å². The highest BCUT2D eigenvalue weighted by Crippen LogP contribution is 2.18. The van der Waals surface area contributed by atoms with Gasteiger partial charge in [-0.05, 0) is 30.3 Å². The first kappa shape index (κ1) is 16.9. The standard InChI is InChI=1S/C15H13Cl3N2O2/c1-20(5-6-22-12-4-2-3-11(16)9-12)15(21)10-7-13(17)19-14(18)8-10/h2-4,7-9H,5-6H2,1H3. The number of hydrogen-bond donors (Lipinski definition) is 0. The molecule has 0 aliphatic heterocycles. The molecule has 0 unspecified atom stereocenters. The minimum Gasteiger partial charge on any atom is -0.492 e. The van der Waals surface area contributed by atoms with Gasteiger partial charge in [0.05, 0.1) is 6.54 Å². The van der Waals surface area contributed by atoms with E-state index in [0.717, 1.165) is 0 Å². The smallest absolute Gasteiger partial charge is 0.253 e. The molecule has 116 valence electrons. The van der Waals surface area contributed by atoms with Gasteiger partial charge in [-0.2, -0.15) is 0 Å². The van der Waals surface area contributed by atoms with Gasteiger partial charge >= 0.3 is 0 Å². The Bertz CT molecular complexity index is 659. The summed E-state index contributed by atoms with van der Waals surface area (Å²) >= 11 is 17.5. The SMILES string of the molecule is CN(CCOc1cccc(Cl)c1)C(=O)c1cc(Cl)nc(Cl)c1. The van der Waals surface area contributed by atoms with Crippen molar-refractivity contribution in [1.29, 1.82) is 0 Å². The molecule has 22 heavy (non-hydrogen) atoms. The highest BCUT2D eigenvalue weighted by Gasteiger charge is 2.13. The number of likely N-dealkylation sites (N-methyl/N-ethyl adjacent to an activating group) is 1. The van der Waals surface area contributed by atoms with Crippen LogP contribution in [0.2, 0.25) is 15.3 Å². The molecular formula is C15H13Cl3N2O2. The number of amides is 1. The van der Waals surface area contributed by atoms with E-state index in [4.69, 9.17) is 39.5 Å². The van der Waals surface area contributed by atoms with Crippen LogP contribution in [0, 0.1) is 0 Å². The normalized spacial score (nSPS) is 10.4. The van der Waals surface area contributed by atoms with Crippen molar-refractivity contribution < 1.29 is 9.53 Å². The van der Waals surface area contributed by atoms with Crippen LogP contribution in [-0.2, 0) is 0 Å². The third kappa shape index (κ3) is 4.77. The number of carbonyl (C=O) groups is 1. The van der Waals surface area contributed by atoms with E-state index in [9.17, 15) is 4.79 Å².